The fourth-order valence-corrected chi connectivity index (χ4v) is 4.62. The van der Waals surface area contributed by atoms with Gasteiger partial charge < -0.3 is 30.2 Å². The standard InChI is InChI=1S/C32H39N3O8.C3H8/c1-5-15-41-27(37)19-33-30(39)28(24-16-22-13-9-10-14-23(22)17-24)35-29(38)25(18-26(36)43-32(2,3)4)34-31(40)42-20-21-11-7-6-8-12-21;1-3-2/h5-14,24-25,28H,1,15-20H2,2-4H3,(H,33,39)(H,34,40)(H,35,38);3H2,1-2H3/t25-,28?;/m0./s1. The summed E-state index contributed by atoms with van der Waals surface area (Å²) in [6.07, 6.45) is 2.22. The average molecular weight is 638 g/mol. The first-order chi connectivity index (χ1) is 21.9. The fourth-order valence-electron chi connectivity index (χ4n) is 4.62. The second-order valence-electron chi connectivity index (χ2n) is 11.9. The Bertz CT molecular complexity index is 1300. The second-order valence-corrected chi connectivity index (χ2v) is 11.9. The number of carbonyl (C=O) groups excluding carboxylic acids is 5. The van der Waals surface area contributed by atoms with Crippen LogP contribution in [-0.4, -0.2) is 60.7 Å². The van der Waals surface area contributed by atoms with Crippen LogP contribution in [0.5, 0.6) is 0 Å². The van der Waals surface area contributed by atoms with Crippen molar-refractivity contribution >= 4 is 29.8 Å². The topological polar surface area (TPSA) is 149 Å². The number of amides is 3. The van der Waals surface area contributed by atoms with Crippen LogP contribution in [0, 0.1) is 5.92 Å². The van der Waals surface area contributed by atoms with Gasteiger partial charge in [0.2, 0.25) is 11.8 Å². The van der Waals surface area contributed by atoms with Crippen LogP contribution in [0.2, 0.25) is 0 Å². The Balaban J connectivity index is 0.00000236. The van der Waals surface area contributed by atoms with E-state index in [1.165, 1.54) is 12.5 Å². The number of hydrogen-bond donors (Lipinski definition) is 3. The molecule has 3 N–H and O–H groups in total. The maximum Gasteiger partial charge on any atom is 0.408 e. The third-order valence-corrected chi connectivity index (χ3v) is 6.52. The number of alkyl carbamates (subject to hydrolysis) is 1. The number of esters is 2. The second kappa shape index (κ2) is 19.0. The van der Waals surface area contributed by atoms with E-state index in [0.717, 1.165) is 16.7 Å². The Morgan fingerprint density at radius 3 is 2.02 bits per heavy atom. The summed E-state index contributed by atoms with van der Waals surface area (Å²) in [7, 11) is 0. The molecule has 0 spiro atoms. The van der Waals surface area contributed by atoms with E-state index in [0.29, 0.717) is 12.8 Å². The van der Waals surface area contributed by atoms with Gasteiger partial charge in [-0.05, 0) is 56.2 Å². The van der Waals surface area contributed by atoms with Crippen molar-refractivity contribution in [2.75, 3.05) is 13.2 Å². The quantitative estimate of drug-likeness (QED) is 0.168. The lowest BCUT2D eigenvalue weighted by molar-refractivity contribution is -0.156. The maximum absolute atomic E-state index is 13.6. The lowest BCUT2D eigenvalue weighted by atomic mass is 9.95. The largest absolute Gasteiger partial charge is 0.460 e. The molecule has 0 fully saturated rings. The van der Waals surface area contributed by atoms with E-state index in [1.807, 2.05) is 30.3 Å². The van der Waals surface area contributed by atoms with Crippen LogP contribution in [0.15, 0.2) is 67.3 Å². The van der Waals surface area contributed by atoms with E-state index in [1.54, 1.807) is 45.0 Å². The molecule has 0 radical (unpaired) electrons. The first kappa shape index (κ1) is 37.5. The predicted molar refractivity (Wildman–Crippen MR) is 173 cm³/mol. The Hall–Kier alpha value is -4.67. The Morgan fingerprint density at radius 1 is 0.870 bits per heavy atom. The van der Waals surface area contributed by atoms with Gasteiger partial charge in [0, 0.05) is 0 Å². The number of benzene rings is 2. The summed E-state index contributed by atoms with van der Waals surface area (Å²) in [6, 6.07) is 14.2. The minimum atomic E-state index is -1.41. The molecule has 2 aromatic carbocycles. The lowest BCUT2D eigenvalue weighted by Crippen LogP contribution is -2.57. The molecule has 0 aromatic heterocycles. The highest BCUT2D eigenvalue weighted by Gasteiger charge is 2.37. The number of carbonyl (C=O) groups is 5. The van der Waals surface area contributed by atoms with Crippen LogP contribution >= 0.6 is 0 Å². The number of fused-ring (bicyclic) bond motifs is 1. The molecule has 2 atom stereocenters. The molecule has 0 aliphatic heterocycles. The minimum Gasteiger partial charge on any atom is -0.460 e. The fraction of sp³-hybridized carbons (Fsp3) is 0.457. The van der Waals surface area contributed by atoms with Crippen molar-refractivity contribution in [1.82, 2.24) is 16.0 Å². The van der Waals surface area contributed by atoms with Crippen molar-refractivity contribution in [3.8, 4) is 0 Å². The zero-order chi connectivity index (χ0) is 34.1. The van der Waals surface area contributed by atoms with Gasteiger partial charge in [0.05, 0.1) is 6.42 Å². The maximum atomic E-state index is 13.6. The minimum absolute atomic E-state index is 0.00874. The molecule has 11 nitrogen and oxygen atoms in total. The van der Waals surface area contributed by atoms with Gasteiger partial charge >= 0.3 is 18.0 Å². The van der Waals surface area contributed by atoms with Gasteiger partial charge in [-0.3, -0.25) is 19.2 Å². The third-order valence-electron chi connectivity index (χ3n) is 6.52. The van der Waals surface area contributed by atoms with E-state index in [4.69, 9.17) is 14.2 Å². The third kappa shape index (κ3) is 13.5. The highest BCUT2D eigenvalue weighted by Crippen LogP contribution is 2.29. The summed E-state index contributed by atoms with van der Waals surface area (Å²) in [6.45, 7) is 12.3. The summed E-state index contributed by atoms with van der Waals surface area (Å²) in [5.74, 6) is -3.14. The van der Waals surface area contributed by atoms with Crippen LogP contribution in [-0.2, 0) is 52.8 Å². The van der Waals surface area contributed by atoms with E-state index < -0.39 is 60.5 Å². The average Bonchev–Trinajstić information content (AvgIpc) is 3.44. The summed E-state index contributed by atoms with van der Waals surface area (Å²) >= 11 is 0. The van der Waals surface area contributed by atoms with E-state index in [2.05, 4.69) is 36.4 Å². The van der Waals surface area contributed by atoms with Crippen molar-refractivity contribution in [2.24, 2.45) is 5.92 Å². The first-order valence-electron chi connectivity index (χ1n) is 15.5. The van der Waals surface area contributed by atoms with Crippen LogP contribution in [0.3, 0.4) is 0 Å². The highest BCUT2D eigenvalue weighted by molar-refractivity contribution is 5.94. The molecule has 1 aliphatic carbocycles. The molecule has 0 saturated carbocycles. The molecule has 3 amide bonds. The monoisotopic (exact) mass is 637 g/mol. The van der Waals surface area contributed by atoms with Gasteiger partial charge in [0.15, 0.2) is 0 Å². The predicted octanol–water partition coefficient (Wildman–Crippen LogP) is 4.17. The number of hydrogen-bond acceptors (Lipinski definition) is 8. The summed E-state index contributed by atoms with van der Waals surface area (Å²) in [5, 5.41) is 7.67. The first-order valence-corrected chi connectivity index (χ1v) is 15.5. The number of ether oxygens (including phenoxy) is 3. The van der Waals surface area contributed by atoms with Crippen molar-refractivity contribution in [2.45, 2.75) is 84.6 Å². The van der Waals surface area contributed by atoms with Gasteiger partial charge in [-0.1, -0.05) is 87.5 Å². The van der Waals surface area contributed by atoms with E-state index >= 15 is 0 Å². The molecule has 0 bridgehead atoms. The van der Waals surface area contributed by atoms with Gasteiger partial charge in [0.1, 0.15) is 37.4 Å². The van der Waals surface area contributed by atoms with Crippen LogP contribution in [0.4, 0.5) is 4.79 Å². The molecule has 2 aromatic rings. The van der Waals surface area contributed by atoms with Crippen molar-refractivity contribution < 1.29 is 38.2 Å². The zero-order valence-electron chi connectivity index (χ0n) is 27.4. The molecule has 11 heteroatoms. The van der Waals surface area contributed by atoms with Crippen LogP contribution in [0.25, 0.3) is 0 Å². The van der Waals surface area contributed by atoms with Crippen LogP contribution < -0.4 is 16.0 Å². The van der Waals surface area contributed by atoms with E-state index in [-0.39, 0.29) is 19.1 Å². The van der Waals surface area contributed by atoms with Crippen molar-refractivity contribution in [3.05, 3.63) is 83.9 Å². The zero-order valence-corrected chi connectivity index (χ0v) is 27.4. The Kier molecular flexibility index (Phi) is 15.5. The number of rotatable bonds is 13. The molecular weight excluding hydrogens is 590 g/mol. The van der Waals surface area contributed by atoms with Gasteiger partial charge in [-0.25, -0.2) is 4.79 Å². The van der Waals surface area contributed by atoms with Crippen molar-refractivity contribution in [1.29, 1.82) is 0 Å². The van der Waals surface area contributed by atoms with Crippen molar-refractivity contribution in [3.63, 3.8) is 0 Å². The van der Waals surface area contributed by atoms with E-state index in [9.17, 15) is 24.0 Å². The van der Waals surface area contributed by atoms with Crippen LogP contribution in [0.1, 0.15) is 64.2 Å². The summed E-state index contributed by atoms with van der Waals surface area (Å²) in [4.78, 5) is 64.3. The molecule has 1 unspecified atom stereocenters. The Morgan fingerprint density at radius 2 is 1.46 bits per heavy atom. The molecule has 46 heavy (non-hydrogen) atoms. The molecule has 1 aliphatic rings. The number of nitrogens with one attached hydrogen (secondary N) is 3. The normalized spacial score (nSPS) is 13.4. The molecular formula is C35H47N3O8. The molecule has 0 heterocycles. The summed E-state index contributed by atoms with van der Waals surface area (Å²) in [5.41, 5.74) is 1.98. The molecule has 3 rings (SSSR count). The van der Waals surface area contributed by atoms with Gasteiger partial charge in [-0.15, -0.1) is 0 Å². The SMILES string of the molecule is C=CCOC(=O)CNC(=O)C(NC(=O)[C@H](CC(=O)OC(C)(C)C)NC(=O)OCc1ccccc1)C1Cc2ccccc2C1.CCC. The molecule has 250 valence electrons. The van der Waals surface area contributed by atoms with Gasteiger partial charge in [-0.2, -0.15) is 0 Å². The van der Waals surface area contributed by atoms with Gasteiger partial charge in [0.25, 0.3) is 0 Å². The lowest BCUT2D eigenvalue weighted by Gasteiger charge is -2.27. The molecule has 0 saturated heterocycles. The smallest absolute Gasteiger partial charge is 0.408 e. The Labute approximate surface area is 271 Å². The summed E-state index contributed by atoms with van der Waals surface area (Å²) < 4.78 is 15.6. The highest BCUT2D eigenvalue weighted by atomic mass is 16.6.